The average molecular weight is 666 g/mol. The molecule has 1 aliphatic carbocycles. The lowest BCUT2D eigenvalue weighted by molar-refractivity contribution is -0.144. The van der Waals surface area contributed by atoms with Gasteiger partial charge in [-0.3, -0.25) is 19.4 Å². The molecule has 4 atom stereocenters. The van der Waals surface area contributed by atoms with Gasteiger partial charge in [0, 0.05) is 41.6 Å². The lowest BCUT2D eigenvalue weighted by Gasteiger charge is -2.37. The van der Waals surface area contributed by atoms with Gasteiger partial charge in [-0.15, -0.1) is 0 Å². The molecule has 0 aromatic heterocycles. The lowest BCUT2D eigenvalue weighted by Crippen LogP contribution is -2.47. The van der Waals surface area contributed by atoms with Crippen molar-refractivity contribution in [2.75, 3.05) is 19.7 Å². The van der Waals surface area contributed by atoms with Crippen LogP contribution in [0, 0.1) is 17.8 Å². The Morgan fingerprint density at radius 1 is 1.09 bits per heavy atom. The molecule has 3 N–H and O–H groups in total. The lowest BCUT2D eigenvalue weighted by atomic mass is 9.67. The largest absolute Gasteiger partial charge is 0.507 e. The highest BCUT2D eigenvalue weighted by Crippen LogP contribution is 2.48. The van der Waals surface area contributed by atoms with Gasteiger partial charge >= 0.3 is 0 Å². The van der Waals surface area contributed by atoms with E-state index in [1.54, 1.807) is 12.1 Å². The molecule has 2 aliphatic heterocycles. The van der Waals surface area contributed by atoms with Gasteiger partial charge in [0.15, 0.2) is 0 Å². The maximum Gasteiger partial charge on any atom is 0.234 e. The van der Waals surface area contributed by atoms with E-state index in [4.69, 9.17) is 0 Å². The molecule has 0 spiro atoms. The summed E-state index contributed by atoms with van der Waals surface area (Å²) in [5.41, 5.74) is 4.74. The Balaban J connectivity index is 1.29. The molecule has 236 valence electrons. The van der Waals surface area contributed by atoms with E-state index < -0.39 is 23.9 Å². The van der Waals surface area contributed by atoms with Gasteiger partial charge in [-0.25, -0.2) is 0 Å². The van der Waals surface area contributed by atoms with E-state index in [1.165, 1.54) is 10.5 Å². The van der Waals surface area contributed by atoms with Crippen LogP contribution in [0.25, 0.3) is 6.08 Å². The predicted molar refractivity (Wildman–Crippen MR) is 175 cm³/mol. The zero-order chi connectivity index (χ0) is 31.4. The molecule has 3 aliphatic rings. The molecular formula is C36H45BrN2O5. The molecule has 0 unspecified atom stereocenters. The first-order chi connectivity index (χ1) is 21.2. The quantitative estimate of drug-likeness (QED) is 0.199. The molecule has 2 aromatic rings. The van der Waals surface area contributed by atoms with Crippen molar-refractivity contribution in [2.24, 2.45) is 17.8 Å². The maximum absolute atomic E-state index is 14.0. The van der Waals surface area contributed by atoms with Crippen molar-refractivity contribution in [3.8, 4) is 5.75 Å². The van der Waals surface area contributed by atoms with Crippen molar-refractivity contribution in [3.05, 3.63) is 80.8 Å². The number of aliphatic hydroxyl groups is 2. The van der Waals surface area contributed by atoms with Gasteiger partial charge in [-0.2, -0.15) is 0 Å². The number of piperidine rings is 1. The number of rotatable bonds is 11. The van der Waals surface area contributed by atoms with E-state index in [9.17, 15) is 24.9 Å². The number of phenols is 1. The van der Waals surface area contributed by atoms with Crippen LogP contribution < -0.4 is 0 Å². The van der Waals surface area contributed by atoms with Crippen molar-refractivity contribution in [2.45, 2.75) is 77.5 Å². The first kappa shape index (κ1) is 32.6. The van der Waals surface area contributed by atoms with Crippen LogP contribution in [0.15, 0.2) is 69.7 Å². The van der Waals surface area contributed by atoms with Crippen LogP contribution in [-0.2, 0) is 16.1 Å². The second-order valence-corrected chi connectivity index (χ2v) is 13.6. The van der Waals surface area contributed by atoms with Gasteiger partial charge < -0.3 is 15.3 Å². The van der Waals surface area contributed by atoms with Crippen molar-refractivity contribution < 1.29 is 24.9 Å². The van der Waals surface area contributed by atoms with Crippen LogP contribution in [0.4, 0.5) is 0 Å². The summed E-state index contributed by atoms with van der Waals surface area (Å²) >= 11 is 3.44. The Morgan fingerprint density at radius 2 is 1.82 bits per heavy atom. The van der Waals surface area contributed by atoms with Crippen LogP contribution >= 0.6 is 15.9 Å². The highest BCUT2D eigenvalue weighted by atomic mass is 79.9. The minimum atomic E-state index is -0.827. The summed E-state index contributed by atoms with van der Waals surface area (Å²) in [5.74, 6) is -1.76. The highest BCUT2D eigenvalue weighted by molar-refractivity contribution is 9.10. The van der Waals surface area contributed by atoms with Gasteiger partial charge in [0.2, 0.25) is 11.8 Å². The summed E-state index contributed by atoms with van der Waals surface area (Å²) in [6.45, 7) is 6.27. The third kappa shape index (κ3) is 7.04. The molecule has 0 bridgehead atoms. The molecule has 7 nitrogen and oxygen atoms in total. The monoisotopic (exact) mass is 664 g/mol. The second-order valence-electron chi connectivity index (χ2n) is 12.7. The topological polar surface area (TPSA) is 101 Å². The van der Waals surface area contributed by atoms with Crippen LogP contribution in [0.3, 0.4) is 0 Å². The number of hydrogen-bond acceptors (Lipinski definition) is 6. The maximum atomic E-state index is 14.0. The predicted octanol–water partition coefficient (Wildman–Crippen LogP) is 6.07. The number of hydrogen-bond donors (Lipinski definition) is 3. The van der Waals surface area contributed by atoms with Crippen LogP contribution in [0.2, 0.25) is 0 Å². The molecule has 2 amide bonds. The van der Waals surface area contributed by atoms with Gasteiger partial charge in [-0.1, -0.05) is 76.8 Å². The Hall–Kier alpha value is -2.78. The Morgan fingerprint density at radius 3 is 2.50 bits per heavy atom. The molecule has 0 saturated carbocycles. The van der Waals surface area contributed by atoms with Crippen LogP contribution in [-0.4, -0.2) is 68.8 Å². The van der Waals surface area contributed by atoms with E-state index in [1.807, 2.05) is 37.3 Å². The molecule has 44 heavy (non-hydrogen) atoms. The normalized spacial score (nSPS) is 24.2. The van der Waals surface area contributed by atoms with Crippen molar-refractivity contribution in [1.82, 2.24) is 9.80 Å². The second kappa shape index (κ2) is 14.5. The smallest absolute Gasteiger partial charge is 0.234 e. The molecule has 5 rings (SSSR count). The fraction of sp³-hybridized carbons (Fsp3) is 0.500. The Kier molecular flexibility index (Phi) is 10.8. The number of benzene rings is 2. The summed E-state index contributed by atoms with van der Waals surface area (Å²) < 4.78 is 0.869. The number of likely N-dealkylation sites (tertiary alicyclic amines) is 2. The van der Waals surface area contributed by atoms with Crippen LogP contribution in [0.5, 0.6) is 5.75 Å². The third-order valence-electron chi connectivity index (χ3n) is 9.70. The zero-order valence-corrected chi connectivity index (χ0v) is 27.4. The standard InChI is InChI=1S/C36H45BrN2O5/c1-3-7-25-20-29-34(30(22-40)33(25)32(42)12-10-23(2)18-26-19-27(37)11-13-31(26)41)36(44)39(35(29)43)28-14-16-38(17-15-28)21-24-8-5-4-6-9-24/h4-6,8-9,11,13,18-19,28-30,32,34,40-42H,3,7,10,12,14-17,20-22H2,1-2H3/b23-18+/t29-,30+,32-,34-/m1/s1. The number of phenolic OH excluding ortho intramolecular Hbond substituents is 1. The van der Waals surface area contributed by atoms with Gasteiger partial charge in [-0.05, 0) is 74.8 Å². The van der Waals surface area contributed by atoms with E-state index >= 15 is 0 Å². The molecular weight excluding hydrogens is 620 g/mol. The number of fused-ring (bicyclic) bond motifs is 1. The van der Waals surface area contributed by atoms with E-state index in [0.717, 1.165) is 66.5 Å². The SMILES string of the molecule is CCCC1=C([C@H](O)CC/C(C)=C/c2cc(Br)ccc2O)[C@H](CO)[C@@H]2C(=O)N(C3CCN(Cc4ccccc4)CC3)C(=O)[C@@H]2C1. The minimum Gasteiger partial charge on any atom is -0.507 e. The van der Waals surface area contributed by atoms with Gasteiger partial charge in [0.25, 0.3) is 0 Å². The summed E-state index contributed by atoms with van der Waals surface area (Å²) in [6.07, 6.45) is 5.65. The summed E-state index contributed by atoms with van der Waals surface area (Å²) in [6, 6.07) is 15.5. The zero-order valence-electron chi connectivity index (χ0n) is 25.8. The highest BCUT2D eigenvalue weighted by Gasteiger charge is 2.56. The molecule has 2 heterocycles. The molecule has 0 radical (unpaired) electrons. The van der Waals surface area contributed by atoms with Gasteiger partial charge in [0.05, 0.1) is 24.5 Å². The number of aliphatic hydroxyl groups excluding tert-OH is 2. The van der Waals surface area contributed by atoms with Crippen molar-refractivity contribution in [1.29, 1.82) is 0 Å². The first-order valence-corrected chi connectivity index (χ1v) is 16.8. The molecule has 8 heteroatoms. The number of imide groups is 1. The van der Waals surface area contributed by atoms with E-state index in [0.29, 0.717) is 24.8 Å². The number of amides is 2. The Labute approximate surface area is 269 Å². The summed E-state index contributed by atoms with van der Waals surface area (Å²) in [5, 5.41) is 32.5. The fourth-order valence-corrected chi connectivity index (χ4v) is 7.94. The molecule has 2 aromatic carbocycles. The molecule has 2 saturated heterocycles. The summed E-state index contributed by atoms with van der Waals surface area (Å²) in [7, 11) is 0. The fourth-order valence-electron chi connectivity index (χ4n) is 7.56. The van der Waals surface area contributed by atoms with Gasteiger partial charge in [0.1, 0.15) is 5.75 Å². The van der Waals surface area contributed by atoms with Crippen molar-refractivity contribution >= 4 is 33.8 Å². The number of halogens is 1. The van der Waals surface area contributed by atoms with Crippen molar-refractivity contribution in [3.63, 3.8) is 0 Å². The number of carbonyl (C=O) groups excluding carboxylic acids is 2. The van der Waals surface area contributed by atoms with E-state index in [-0.39, 0.29) is 30.2 Å². The number of allylic oxidation sites excluding steroid dienone is 2. The number of nitrogens with zero attached hydrogens (tertiary/aromatic N) is 2. The number of aromatic hydroxyl groups is 1. The average Bonchev–Trinajstić information content (AvgIpc) is 3.27. The third-order valence-corrected chi connectivity index (χ3v) is 10.2. The minimum absolute atomic E-state index is 0.102. The number of carbonyl (C=O) groups is 2. The van der Waals surface area contributed by atoms with Crippen LogP contribution in [0.1, 0.15) is 69.9 Å². The molecule has 2 fully saturated rings. The first-order valence-electron chi connectivity index (χ1n) is 16.0. The van der Waals surface area contributed by atoms with E-state index in [2.05, 4.69) is 39.9 Å². The Bertz CT molecular complexity index is 1400. The summed E-state index contributed by atoms with van der Waals surface area (Å²) in [4.78, 5) is 31.8.